The quantitative estimate of drug-likeness (QED) is 0.222. The van der Waals surface area contributed by atoms with Crippen molar-refractivity contribution in [2.75, 3.05) is 24.7 Å². The third-order valence-electron chi connectivity index (χ3n) is 5.57. The lowest BCUT2D eigenvalue weighted by Gasteiger charge is -2.26. The Morgan fingerprint density at radius 2 is 1.53 bits per heavy atom. The Labute approximate surface area is 225 Å². The van der Waals surface area contributed by atoms with Crippen LogP contribution in [0.25, 0.3) is 6.08 Å². The fraction of sp³-hybridized carbons (Fsp3) is 0.207. The highest BCUT2D eigenvalue weighted by Gasteiger charge is 2.36. The van der Waals surface area contributed by atoms with Crippen molar-refractivity contribution in [3.63, 3.8) is 0 Å². The van der Waals surface area contributed by atoms with Gasteiger partial charge >= 0.3 is 6.03 Å². The molecule has 1 saturated heterocycles. The Morgan fingerprint density at radius 1 is 0.842 bits per heavy atom. The van der Waals surface area contributed by atoms with Crippen molar-refractivity contribution in [3.8, 4) is 17.2 Å². The van der Waals surface area contributed by atoms with Crippen LogP contribution < -0.4 is 24.4 Å². The summed E-state index contributed by atoms with van der Waals surface area (Å²) in [7, 11) is 0. The lowest BCUT2D eigenvalue weighted by Crippen LogP contribution is -2.54. The van der Waals surface area contributed by atoms with E-state index in [0.717, 1.165) is 21.8 Å². The summed E-state index contributed by atoms with van der Waals surface area (Å²) >= 11 is 5.92. The van der Waals surface area contributed by atoms with E-state index in [9.17, 15) is 14.4 Å². The van der Waals surface area contributed by atoms with Crippen LogP contribution in [0.1, 0.15) is 23.6 Å². The predicted octanol–water partition coefficient (Wildman–Crippen LogP) is 5.48. The molecule has 0 bridgehead atoms. The molecule has 4 amide bonds. The predicted molar refractivity (Wildman–Crippen MR) is 145 cm³/mol. The van der Waals surface area contributed by atoms with E-state index < -0.39 is 17.8 Å². The molecule has 4 rings (SSSR count). The van der Waals surface area contributed by atoms with E-state index in [4.69, 9.17) is 25.8 Å². The number of amides is 4. The smallest absolute Gasteiger partial charge is 0.335 e. The van der Waals surface area contributed by atoms with E-state index in [-0.39, 0.29) is 17.9 Å². The van der Waals surface area contributed by atoms with Crippen molar-refractivity contribution < 1.29 is 28.6 Å². The van der Waals surface area contributed by atoms with Crippen molar-refractivity contribution in [1.29, 1.82) is 0 Å². The average molecular weight is 535 g/mol. The number of nitrogens with one attached hydrogen (secondary N) is 1. The first kappa shape index (κ1) is 26.8. The molecule has 1 aliphatic rings. The normalized spacial score (nSPS) is 14.5. The molecule has 0 unspecified atom stereocenters. The molecule has 1 aliphatic heterocycles. The molecule has 1 heterocycles. The summed E-state index contributed by atoms with van der Waals surface area (Å²) in [6, 6.07) is 16.4. The highest BCUT2D eigenvalue weighted by atomic mass is 35.5. The van der Waals surface area contributed by atoms with Gasteiger partial charge in [0.05, 0.1) is 12.3 Å². The highest BCUT2D eigenvalue weighted by Crippen LogP contribution is 2.30. The van der Waals surface area contributed by atoms with Gasteiger partial charge in [-0.1, -0.05) is 23.7 Å². The van der Waals surface area contributed by atoms with Crippen molar-refractivity contribution in [2.45, 2.75) is 20.8 Å². The van der Waals surface area contributed by atoms with Crippen LogP contribution in [-0.4, -0.2) is 37.7 Å². The standard InChI is InChI=1S/C29H27ClN2O6/c1-4-36-26-17-20(5-10-25(26)38-12-11-37-23-14-18(2)13-19(3)15-23)16-24-27(33)31-29(35)32(28(24)34)22-8-6-21(30)7-9-22/h5-10,13-17H,4,11-12H2,1-3H3,(H,31,33,35)/b24-16+. The maximum Gasteiger partial charge on any atom is 0.335 e. The SMILES string of the molecule is CCOc1cc(/C=C2\C(=O)NC(=O)N(c3ccc(Cl)cc3)C2=O)ccc1OCCOc1cc(C)cc(C)c1. The Kier molecular flexibility index (Phi) is 8.33. The molecular weight excluding hydrogens is 508 g/mol. The Balaban J connectivity index is 1.50. The number of hydrogen-bond donors (Lipinski definition) is 1. The van der Waals surface area contributed by atoms with Crippen LogP contribution in [0, 0.1) is 13.8 Å². The van der Waals surface area contributed by atoms with E-state index in [1.807, 2.05) is 32.9 Å². The number of hydrogen-bond acceptors (Lipinski definition) is 6. The highest BCUT2D eigenvalue weighted by molar-refractivity contribution is 6.39. The van der Waals surface area contributed by atoms with Gasteiger partial charge in [-0.25, -0.2) is 9.69 Å². The summed E-state index contributed by atoms with van der Waals surface area (Å²) in [4.78, 5) is 38.9. The van der Waals surface area contributed by atoms with Crippen molar-refractivity contribution >= 4 is 41.2 Å². The van der Waals surface area contributed by atoms with Gasteiger partial charge in [0, 0.05) is 5.02 Å². The lowest BCUT2D eigenvalue weighted by molar-refractivity contribution is -0.122. The van der Waals surface area contributed by atoms with Crippen LogP contribution in [-0.2, 0) is 9.59 Å². The van der Waals surface area contributed by atoms with Crippen LogP contribution in [0.15, 0.2) is 66.2 Å². The monoisotopic (exact) mass is 534 g/mol. The first-order chi connectivity index (χ1) is 18.2. The molecule has 9 heteroatoms. The van der Waals surface area contributed by atoms with Crippen LogP contribution in [0.2, 0.25) is 5.02 Å². The number of rotatable bonds is 9. The third-order valence-corrected chi connectivity index (χ3v) is 5.82. The van der Waals surface area contributed by atoms with E-state index in [1.54, 1.807) is 30.3 Å². The van der Waals surface area contributed by atoms with Gasteiger partial charge in [-0.2, -0.15) is 0 Å². The van der Waals surface area contributed by atoms with Gasteiger partial charge in [0.15, 0.2) is 11.5 Å². The van der Waals surface area contributed by atoms with Gasteiger partial charge in [-0.3, -0.25) is 14.9 Å². The summed E-state index contributed by atoms with van der Waals surface area (Å²) in [5.41, 5.74) is 2.86. The van der Waals surface area contributed by atoms with Crippen LogP contribution in [0.3, 0.4) is 0 Å². The van der Waals surface area contributed by atoms with Gasteiger partial charge in [-0.05, 0) is 92.1 Å². The number of halogens is 1. The van der Waals surface area contributed by atoms with Crippen molar-refractivity contribution in [2.24, 2.45) is 0 Å². The topological polar surface area (TPSA) is 94.2 Å². The Hall–Kier alpha value is -4.30. The van der Waals surface area contributed by atoms with Crippen molar-refractivity contribution in [3.05, 3.63) is 87.9 Å². The molecular formula is C29H27ClN2O6. The second-order valence-corrected chi connectivity index (χ2v) is 9.03. The van der Waals surface area contributed by atoms with Gasteiger partial charge in [0.2, 0.25) is 0 Å². The molecule has 3 aromatic rings. The molecule has 0 atom stereocenters. The molecule has 0 saturated carbocycles. The number of benzene rings is 3. The van der Waals surface area contributed by atoms with E-state index in [0.29, 0.717) is 35.3 Å². The van der Waals surface area contributed by atoms with Crippen LogP contribution in [0.4, 0.5) is 10.5 Å². The summed E-state index contributed by atoms with van der Waals surface area (Å²) < 4.78 is 17.4. The molecule has 196 valence electrons. The van der Waals surface area contributed by atoms with Crippen LogP contribution in [0.5, 0.6) is 17.2 Å². The molecule has 0 aromatic heterocycles. The average Bonchev–Trinajstić information content (AvgIpc) is 2.86. The number of carbonyl (C=O) groups is 3. The van der Waals surface area contributed by atoms with E-state index in [1.165, 1.54) is 18.2 Å². The molecule has 3 aromatic carbocycles. The number of imide groups is 2. The Morgan fingerprint density at radius 3 is 2.21 bits per heavy atom. The molecule has 1 fully saturated rings. The number of anilines is 1. The fourth-order valence-electron chi connectivity index (χ4n) is 3.98. The third kappa shape index (κ3) is 6.33. The minimum absolute atomic E-state index is 0.197. The number of barbiturate groups is 1. The lowest BCUT2D eigenvalue weighted by atomic mass is 10.1. The molecule has 0 radical (unpaired) electrons. The summed E-state index contributed by atoms with van der Waals surface area (Å²) in [6.45, 7) is 6.87. The zero-order valence-electron chi connectivity index (χ0n) is 21.2. The first-order valence-electron chi connectivity index (χ1n) is 12.0. The minimum Gasteiger partial charge on any atom is -0.490 e. The number of ether oxygens (including phenoxy) is 3. The number of urea groups is 1. The maximum atomic E-state index is 13.1. The van der Waals surface area contributed by atoms with Gasteiger partial charge in [0.1, 0.15) is 24.5 Å². The van der Waals surface area contributed by atoms with Gasteiger partial charge in [-0.15, -0.1) is 0 Å². The van der Waals surface area contributed by atoms with Gasteiger partial charge < -0.3 is 14.2 Å². The zero-order valence-corrected chi connectivity index (χ0v) is 22.0. The molecule has 38 heavy (non-hydrogen) atoms. The maximum absolute atomic E-state index is 13.1. The summed E-state index contributed by atoms with van der Waals surface area (Å²) in [5.74, 6) is 0.188. The molecule has 1 N–H and O–H groups in total. The second kappa shape index (κ2) is 11.8. The first-order valence-corrected chi connectivity index (χ1v) is 12.4. The minimum atomic E-state index is -0.832. The fourth-order valence-corrected chi connectivity index (χ4v) is 4.10. The number of carbonyl (C=O) groups excluding carboxylic acids is 3. The van der Waals surface area contributed by atoms with Crippen LogP contribution >= 0.6 is 11.6 Å². The van der Waals surface area contributed by atoms with E-state index >= 15 is 0 Å². The Bertz CT molecular complexity index is 1380. The molecule has 8 nitrogen and oxygen atoms in total. The van der Waals surface area contributed by atoms with Crippen molar-refractivity contribution in [1.82, 2.24) is 5.32 Å². The second-order valence-electron chi connectivity index (χ2n) is 8.59. The number of nitrogens with zero attached hydrogens (tertiary/aromatic N) is 1. The van der Waals surface area contributed by atoms with Gasteiger partial charge in [0.25, 0.3) is 11.8 Å². The largest absolute Gasteiger partial charge is 0.490 e. The zero-order chi connectivity index (χ0) is 27.2. The number of aryl methyl sites for hydroxylation is 2. The summed E-state index contributed by atoms with van der Waals surface area (Å²) in [5, 5.41) is 2.66. The molecule has 0 aliphatic carbocycles. The molecule has 0 spiro atoms. The van der Waals surface area contributed by atoms with E-state index in [2.05, 4.69) is 11.4 Å². The summed E-state index contributed by atoms with van der Waals surface area (Å²) in [6.07, 6.45) is 1.41.